The number of nitrogens with zero attached hydrogens (tertiary/aromatic N) is 1. The first kappa shape index (κ1) is 14.3. The SMILES string of the molecule is Cc1cc(C)c(NC(=O)COc2cccnc2)c(Cl)c1. The molecule has 5 heteroatoms. The van der Waals surface area contributed by atoms with Crippen molar-refractivity contribution in [2.45, 2.75) is 13.8 Å². The van der Waals surface area contributed by atoms with Gasteiger partial charge in [-0.05, 0) is 43.2 Å². The maximum Gasteiger partial charge on any atom is 0.262 e. The lowest BCUT2D eigenvalue weighted by molar-refractivity contribution is -0.118. The molecule has 4 nitrogen and oxygen atoms in total. The minimum absolute atomic E-state index is 0.0880. The van der Waals surface area contributed by atoms with Crippen LogP contribution in [0.4, 0.5) is 5.69 Å². The number of anilines is 1. The van der Waals surface area contributed by atoms with Crippen molar-refractivity contribution in [1.82, 2.24) is 4.98 Å². The molecule has 1 amide bonds. The quantitative estimate of drug-likeness (QED) is 0.939. The van der Waals surface area contributed by atoms with Gasteiger partial charge in [-0.1, -0.05) is 17.7 Å². The highest BCUT2D eigenvalue weighted by molar-refractivity contribution is 6.34. The van der Waals surface area contributed by atoms with Gasteiger partial charge in [-0.15, -0.1) is 0 Å². The zero-order valence-corrected chi connectivity index (χ0v) is 12.1. The van der Waals surface area contributed by atoms with Gasteiger partial charge in [0.2, 0.25) is 0 Å². The molecule has 20 heavy (non-hydrogen) atoms. The van der Waals surface area contributed by atoms with Gasteiger partial charge in [0.15, 0.2) is 6.61 Å². The Morgan fingerprint density at radius 3 is 2.85 bits per heavy atom. The van der Waals surface area contributed by atoms with Gasteiger partial charge in [0.05, 0.1) is 16.9 Å². The summed E-state index contributed by atoms with van der Waals surface area (Å²) in [5.41, 5.74) is 2.60. The number of carbonyl (C=O) groups is 1. The number of rotatable bonds is 4. The van der Waals surface area contributed by atoms with E-state index < -0.39 is 0 Å². The maximum absolute atomic E-state index is 11.9. The van der Waals surface area contributed by atoms with Crippen LogP contribution >= 0.6 is 11.6 Å². The van der Waals surface area contributed by atoms with E-state index in [9.17, 15) is 4.79 Å². The number of pyridine rings is 1. The molecule has 0 spiro atoms. The van der Waals surface area contributed by atoms with Crippen LogP contribution in [0.25, 0.3) is 0 Å². The molecule has 0 saturated heterocycles. The van der Waals surface area contributed by atoms with Crippen molar-refractivity contribution in [2.24, 2.45) is 0 Å². The van der Waals surface area contributed by atoms with E-state index in [0.29, 0.717) is 16.5 Å². The van der Waals surface area contributed by atoms with Crippen molar-refractivity contribution < 1.29 is 9.53 Å². The Morgan fingerprint density at radius 2 is 2.20 bits per heavy atom. The van der Waals surface area contributed by atoms with E-state index in [2.05, 4.69) is 10.3 Å². The third-order valence-corrected chi connectivity index (χ3v) is 3.00. The molecular formula is C15H15ClN2O2. The Hall–Kier alpha value is -2.07. The summed E-state index contributed by atoms with van der Waals surface area (Å²) in [6.07, 6.45) is 3.19. The molecular weight excluding hydrogens is 276 g/mol. The number of ether oxygens (including phenoxy) is 1. The summed E-state index contributed by atoms with van der Waals surface area (Å²) < 4.78 is 5.33. The van der Waals surface area contributed by atoms with E-state index in [1.54, 1.807) is 24.5 Å². The van der Waals surface area contributed by atoms with Gasteiger partial charge in [0.1, 0.15) is 5.75 Å². The van der Waals surface area contributed by atoms with Gasteiger partial charge in [-0.2, -0.15) is 0 Å². The average molecular weight is 291 g/mol. The molecule has 104 valence electrons. The molecule has 0 unspecified atom stereocenters. The zero-order chi connectivity index (χ0) is 14.5. The molecule has 1 aromatic heterocycles. The minimum Gasteiger partial charge on any atom is -0.482 e. The molecule has 0 aliphatic carbocycles. The van der Waals surface area contributed by atoms with Gasteiger partial charge in [0.25, 0.3) is 5.91 Å². The third-order valence-electron chi connectivity index (χ3n) is 2.70. The van der Waals surface area contributed by atoms with E-state index in [0.717, 1.165) is 11.1 Å². The van der Waals surface area contributed by atoms with Crippen LogP contribution in [0, 0.1) is 13.8 Å². The summed E-state index contributed by atoms with van der Waals surface area (Å²) in [4.78, 5) is 15.8. The number of hydrogen-bond donors (Lipinski definition) is 1. The highest BCUT2D eigenvalue weighted by atomic mass is 35.5. The fraction of sp³-hybridized carbons (Fsp3) is 0.200. The number of nitrogens with one attached hydrogen (secondary N) is 1. The second kappa shape index (κ2) is 6.39. The Bertz CT molecular complexity index is 592. The molecule has 2 aromatic rings. The van der Waals surface area contributed by atoms with E-state index in [1.807, 2.05) is 26.0 Å². The normalized spacial score (nSPS) is 10.2. The van der Waals surface area contributed by atoms with Crippen molar-refractivity contribution in [3.63, 3.8) is 0 Å². The molecule has 0 fully saturated rings. The summed E-state index contributed by atoms with van der Waals surface area (Å²) >= 11 is 6.13. The number of amides is 1. The topological polar surface area (TPSA) is 51.2 Å². The molecule has 1 N–H and O–H groups in total. The van der Waals surface area contributed by atoms with Crippen molar-refractivity contribution in [3.8, 4) is 5.75 Å². The lowest BCUT2D eigenvalue weighted by Crippen LogP contribution is -2.21. The summed E-state index contributed by atoms with van der Waals surface area (Å²) in [5.74, 6) is 0.289. The van der Waals surface area contributed by atoms with Crippen molar-refractivity contribution in [1.29, 1.82) is 0 Å². The van der Waals surface area contributed by atoms with Crippen LogP contribution in [-0.2, 0) is 4.79 Å². The molecule has 0 saturated carbocycles. The lowest BCUT2D eigenvalue weighted by Gasteiger charge is -2.12. The second-order valence-electron chi connectivity index (χ2n) is 4.46. The van der Waals surface area contributed by atoms with E-state index in [1.165, 1.54) is 0 Å². The first-order chi connectivity index (χ1) is 9.56. The van der Waals surface area contributed by atoms with E-state index in [4.69, 9.17) is 16.3 Å². The molecule has 0 aliphatic heterocycles. The van der Waals surface area contributed by atoms with E-state index in [-0.39, 0.29) is 12.5 Å². The van der Waals surface area contributed by atoms with Gasteiger partial charge >= 0.3 is 0 Å². The maximum atomic E-state index is 11.9. The number of aryl methyl sites for hydroxylation is 2. The fourth-order valence-corrected chi connectivity index (χ4v) is 2.20. The minimum atomic E-state index is -0.261. The van der Waals surface area contributed by atoms with Crippen LogP contribution in [0.5, 0.6) is 5.75 Å². The zero-order valence-electron chi connectivity index (χ0n) is 11.3. The van der Waals surface area contributed by atoms with E-state index >= 15 is 0 Å². The first-order valence-electron chi connectivity index (χ1n) is 6.15. The standard InChI is InChI=1S/C15H15ClN2O2/c1-10-6-11(2)15(13(16)7-10)18-14(19)9-20-12-4-3-5-17-8-12/h3-8H,9H2,1-2H3,(H,18,19). The monoisotopic (exact) mass is 290 g/mol. The van der Waals surface area contributed by atoms with Crippen LogP contribution in [0.1, 0.15) is 11.1 Å². The van der Waals surface area contributed by atoms with Crippen molar-refractivity contribution >= 4 is 23.2 Å². The largest absolute Gasteiger partial charge is 0.482 e. The van der Waals surface area contributed by atoms with Crippen molar-refractivity contribution in [2.75, 3.05) is 11.9 Å². The number of hydrogen-bond acceptors (Lipinski definition) is 3. The summed E-state index contributed by atoms with van der Waals surface area (Å²) in [6, 6.07) is 7.26. The van der Waals surface area contributed by atoms with Gasteiger partial charge in [0, 0.05) is 6.20 Å². The number of aromatic nitrogens is 1. The summed E-state index contributed by atoms with van der Waals surface area (Å²) in [6.45, 7) is 3.77. The average Bonchev–Trinajstić information content (AvgIpc) is 2.42. The Kier molecular flexibility index (Phi) is 4.58. The molecule has 2 rings (SSSR count). The molecule has 1 aromatic carbocycles. The lowest BCUT2D eigenvalue weighted by atomic mass is 10.1. The highest BCUT2D eigenvalue weighted by Crippen LogP contribution is 2.27. The number of benzene rings is 1. The van der Waals surface area contributed by atoms with Gasteiger partial charge in [-0.25, -0.2) is 0 Å². The Labute approximate surface area is 122 Å². The number of carbonyl (C=O) groups excluding carboxylic acids is 1. The molecule has 0 atom stereocenters. The first-order valence-corrected chi connectivity index (χ1v) is 6.53. The van der Waals surface area contributed by atoms with Crippen LogP contribution < -0.4 is 10.1 Å². The number of halogens is 1. The Balaban J connectivity index is 1.98. The van der Waals surface area contributed by atoms with Crippen molar-refractivity contribution in [3.05, 3.63) is 52.8 Å². The molecule has 0 aliphatic rings. The smallest absolute Gasteiger partial charge is 0.262 e. The fourth-order valence-electron chi connectivity index (χ4n) is 1.83. The van der Waals surface area contributed by atoms with Crippen LogP contribution in [0.3, 0.4) is 0 Å². The second-order valence-corrected chi connectivity index (χ2v) is 4.87. The van der Waals surface area contributed by atoms with Gasteiger partial charge < -0.3 is 10.1 Å². The summed E-state index contributed by atoms with van der Waals surface area (Å²) in [7, 11) is 0. The highest BCUT2D eigenvalue weighted by Gasteiger charge is 2.10. The van der Waals surface area contributed by atoms with Crippen LogP contribution in [-0.4, -0.2) is 17.5 Å². The van der Waals surface area contributed by atoms with Gasteiger partial charge in [-0.3, -0.25) is 9.78 Å². The molecule has 0 radical (unpaired) electrons. The predicted molar refractivity (Wildman–Crippen MR) is 79.3 cm³/mol. The van der Waals surface area contributed by atoms with Crippen LogP contribution in [0.15, 0.2) is 36.7 Å². The third kappa shape index (κ3) is 3.71. The molecule has 0 bridgehead atoms. The molecule has 1 heterocycles. The predicted octanol–water partition coefficient (Wildman–Crippen LogP) is 3.37. The Morgan fingerprint density at radius 1 is 1.40 bits per heavy atom. The van der Waals surface area contributed by atoms with Crippen LogP contribution in [0.2, 0.25) is 5.02 Å². The summed E-state index contributed by atoms with van der Waals surface area (Å²) in [5, 5.41) is 3.28.